The average molecular weight is 382 g/mol. The molecular formula is C20H39N5O2. The molecule has 7 heteroatoms. The number of morpholine rings is 1. The van der Waals surface area contributed by atoms with Crippen molar-refractivity contribution in [2.75, 3.05) is 72.1 Å². The van der Waals surface area contributed by atoms with Gasteiger partial charge in [0.05, 0.1) is 19.8 Å². The lowest BCUT2D eigenvalue weighted by atomic mass is 10.1. The zero-order chi connectivity index (χ0) is 19.5. The molecule has 0 aromatic rings. The second-order valence-corrected chi connectivity index (χ2v) is 7.88. The molecule has 0 aromatic carbocycles. The molecule has 2 saturated heterocycles. The fourth-order valence-corrected chi connectivity index (χ4v) is 3.50. The number of rotatable bonds is 8. The minimum atomic E-state index is 0.234. The summed E-state index contributed by atoms with van der Waals surface area (Å²) in [4.78, 5) is 23.8. The second-order valence-electron chi connectivity index (χ2n) is 7.88. The van der Waals surface area contributed by atoms with E-state index in [1.807, 2.05) is 4.90 Å². The highest BCUT2D eigenvalue weighted by atomic mass is 16.5. The molecule has 7 nitrogen and oxygen atoms in total. The molecule has 2 aliphatic heterocycles. The lowest BCUT2D eigenvalue weighted by Crippen LogP contribution is -2.54. The van der Waals surface area contributed by atoms with E-state index in [2.05, 4.69) is 35.9 Å². The Morgan fingerprint density at radius 1 is 1.04 bits per heavy atom. The lowest BCUT2D eigenvalue weighted by molar-refractivity contribution is -0.136. The first-order chi connectivity index (χ1) is 13.1. The van der Waals surface area contributed by atoms with Gasteiger partial charge in [-0.25, -0.2) is 0 Å². The van der Waals surface area contributed by atoms with Crippen molar-refractivity contribution in [1.82, 2.24) is 20.0 Å². The molecule has 27 heavy (non-hydrogen) atoms. The van der Waals surface area contributed by atoms with Crippen LogP contribution < -0.4 is 5.32 Å². The summed E-state index contributed by atoms with van der Waals surface area (Å²) in [6, 6.07) is 0. The van der Waals surface area contributed by atoms with Crippen molar-refractivity contribution in [3.05, 3.63) is 0 Å². The number of guanidine groups is 1. The molecule has 156 valence electrons. The number of nitrogens with zero attached hydrogens (tertiary/aromatic N) is 4. The third-order valence-electron chi connectivity index (χ3n) is 5.18. The van der Waals surface area contributed by atoms with Gasteiger partial charge in [-0.1, -0.05) is 26.7 Å². The summed E-state index contributed by atoms with van der Waals surface area (Å²) in [5.41, 5.74) is 0. The van der Waals surface area contributed by atoms with Gasteiger partial charge in [0.2, 0.25) is 5.91 Å². The molecular weight excluding hydrogens is 342 g/mol. The average Bonchev–Trinajstić information content (AvgIpc) is 2.68. The molecule has 1 amide bonds. The van der Waals surface area contributed by atoms with Crippen molar-refractivity contribution < 1.29 is 9.53 Å². The van der Waals surface area contributed by atoms with E-state index in [9.17, 15) is 4.79 Å². The number of hydrogen-bond acceptors (Lipinski definition) is 4. The highest BCUT2D eigenvalue weighted by molar-refractivity contribution is 5.80. The smallest absolute Gasteiger partial charge is 0.236 e. The zero-order valence-corrected chi connectivity index (χ0v) is 17.6. The summed E-state index contributed by atoms with van der Waals surface area (Å²) >= 11 is 0. The van der Waals surface area contributed by atoms with Crippen molar-refractivity contribution in [2.24, 2.45) is 10.9 Å². The van der Waals surface area contributed by atoms with Crippen LogP contribution in [0.4, 0.5) is 0 Å². The van der Waals surface area contributed by atoms with E-state index in [0.717, 1.165) is 70.7 Å². The molecule has 0 aliphatic carbocycles. The Labute approximate surface area is 165 Å². The summed E-state index contributed by atoms with van der Waals surface area (Å²) in [5, 5.41) is 3.43. The summed E-state index contributed by atoms with van der Waals surface area (Å²) in [6.07, 6.45) is 3.68. The van der Waals surface area contributed by atoms with Crippen LogP contribution in [0.1, 0.15) is 40.0 Å². The van der Waals surface area contributed by atoms with Crippen LogP contribution in [0.25, 0.3) is 0 Å². The van der Waals surface area contributed by atoms with Crippen LogP contribution in [-0.4, -0.2) is 98.7 Å². The van der Waals surface area contributed by atoms with E-state index in [1.54, 1.807) is 0 Å². The van der Waals surface area contributed by atoms with Gasteiger partial charge in [-0.3, -0.25) is 14.7 Å². The van der Waals surface area contributed by atoms with Gasteiger partial charge in [-0.15, -0.1) is 0 Å². The quantitative estimate of drug-likeness (QED) is 0.390. The molecule has 0 radical (unpaired) electrons. The molecule has 0 saturated carbocycles. The van der Waals surface area contributed by atoms with Gasteiger partial charge in [0, 0.05) is 52.4 Å². The van der Waals surface area contributed by atoms with E-state index in [-0.39, 0.29) is 5.91 Å². The van der Waals surface area contributed by atoms with E-state index < -0.39 is 0 Å². The first kappa shape index (κ1) is 22.0. The zero-order valence-electron chi connectivity index (χ0n) is 17.6. The first-order valence-electron chi connectivity index (χ1n) is 10.7. The van der Waals surface area contributed by atoms with Crippen molar-refractivity contribution in [3.63, 3.8) is 0 Å². The Balaban J connectivity index is 1.73. The maximum Gasteiger partial charge on any atom is 0.236 e. The standard InChI is InChI=1S/C20H39N5O2/c1-4-21-20(22-8-6-5-7-18(2)3)25-11-9-23(10-12-25)17-19(26)24-13-15-27-16-14-24/h18H,4-17H2,1-3H3,(H,21,22). The first-order valence-corrected chi connectivity index (χ1v) is 10.7. The van der Waals surface area contributed by atoms with E-state index in [1.165, 1.54) is 12.8 Å². The summed E-state index contributed by atoms with van der Waals surface area (Å²) in [7, 11) is 0. The second kappa shape index (κ2) is 12.2. The predicted molar refractivity (Wildman–Crippen MR) is 110 cm³/mol. The number of carbonyl (C=O) groups excluding carboxylic acids is 1. The van der Waals surface area contributed by atoms with Gasteiger partial charge in [-0.05, 0) is 19.3 Å². The maximum atomic E-state index is 12.4. The molecule has 2 heterocycles. The molecule has 0 spiro atoms. The van der Waals surface area contributed by atoms with Crippen molar-refractivity contribution >= 4 is 11.9 Å². The number of carbonyl (C=O) groups is 1. The van der Waals surface area contributed by atoms with Gasteiger partial charge < -0.3 is 19.9 Å². The Morgan fingerprint density at radius 2 is 1.74 bits per heavy atom. The molecule has 2 aliphatic rings. The van der Waals surface area contributed by atoms with Crippen LogP contribution >= 0.6 is 0 Å². The van der Waals surface area contributed by atoms with Gasteiger partial charge in [0.25, 0.3) is 0 Å². The maximum absolute atomic E-state index is 12.4. The molecule has 1 N–H and O–H groups in total. The topological polar surface area (TPSA) is 60.4 Å². The number of unbranched alkanes of at least 4 members (excludes halogenated alkanes) is 1. The van der Waals surface area contributed by atoms with Gasteiger partial charge in [-0.2, -0.15) is 0 Å². The fraction of sp³-hybridized carbons (Fsp3) is 0.900. The van der Waals surface area contributed by atoms with Crippen LogP contribution in [0.5, 0.6) is 0 Å². The summed E-state index contributed by atoms with van der Waals surface area (Å²) < 4.78 is 5.33. The minimum Gasteiger partial charge on any atom is -0.378 e. The number of piperazine rings is 1. The molecule has 0 atom stereocenters. The predicted octanol–water partition coefficient (Wildman–Crippen LogP) is 1.25. The van der Waals surface area contributed by atoms with Crippen molar-refractivity contribution in [2.45, 2.75) is 40.0 Å². The normalized spacial score (nSPS) is 19.6. The largest absolute Gasteiger partial charge is 0.378 e. The summed E-state index contributed by atoms with van der Waals surface area (Å²) in [6.45, 7) is 15.4. The van der Waals surface area contributed by atoms with Crippen LogP contribution in [-0.2, 0) is 9.53 Å². The Bertz CT molecular complexity index is 455. The number of ether oxygens (including phenoxy) is 1. The Hall–Kier alpha value is -1.34. The third-order valence-corrected chi connectivity index (χ3v) is 5.18. The highest BCUT2D eigenvalue weighted by Gasteiger charge is 2.24. The number of hydrogen-bond donors (Lipinski definition) is 1. The molecule has 0 aromatic heterocycles. The SMILES string of the molecule is CCNC(=NCCCCC(C)C)N1CCN(CC(=O)N2CCOCC2)CC1. The Kier molecular flexibility index (Phi) is 9.91. The lowest BCUT2D eigenvalue weighted by Gasteiger charge is -2.37. The van der Waals surface area contributed by atoms with Crippen LogP contribution in [0.3, 0.4) is 0 Å². The van der Waals surface area contributed by atoms with E-state index >= 15 is 0 Å². The van der Waals surface area contributed by atoms with E-state index in [0.29, 0.717) is 19.8 Å². The molecule has 0 bridgehead atoms. The van der Waals surface area contributed by atoms with Crippen molar-refractivity contribution in [3.8, 4) is 0 Å². The number of aliphatic imine (C=N–C) groups is 1. The van der Waals surface area contributed by atoms with Gasteiger partial charge in [0.1, 0.15) is 0 Å². The molecule has 2 fully saturated rings. The van der Waals surface area contributed by atoms with E-state index in [4.69, 9.17) is 9.73 Å². The van der Waals surface area contributed by atoms with Crippen LogP contribution in [0.2, 0.25) is 0 Å². The highest BCUT2D eigenvalue weighted by Crippen LogP contribution is 2.08. The number of amides is 1. The Morgan fingerprint density at radius 3 is 2.37 bits per heavy atom. The van der Waals surface area contributed by atoms with Crippen LogP contribution in [0, 0.1) is 5.92 Å². The summed E-state index contributed by atoms with van der Waals surface area (Å²) in [5.74, 6) is 2.04. The molecule has 2 rings (SSSR count). The van der Waals surface area contributed by atoms with Gasteiger partial charge >= 0.3 is 0 Å². The van der Waals surface area contributed by atoms with Gasteiger partial charge in [0.15, 0.2) is 5.96 Å². The molecule has 0 unspecified atom stereocenters. The monoisotopic (exact) mass is 381 g/mol. The van der Waals surface area contributed by atoms with Crippen LogP contribution in [0.15, 0.2) is 4.99 Å². The van der Waals surface area contributed by atoms with Crippen molar-refractivity contribution in [1.29, 1.82) is 0 Å². The minimum absolute atomic E-state index is 0.234. The number of nitrogens with one attached hydrogen (secondary N) is 1. The fourth-order valence-electron chi connectivity index (χ4n) is 3.50. The third kappa shape index (κ3) is 8.05.